The van der Waals surface area contributed by atoms with Crippen LogP contribution in [0.15, 0.2) is 48.5 Å². The van der Waals surface area contributed by atoms with Crippen molar-refractivity contribution < 1.29 is 23.9 Å². The molecule has 0 heterocycles. The molecule has 0 saturated carbocycles. The first kappa shape index (κ1) is 20.6. The predicted molar refractivity (Wildman–Crippen MR) is 105 cm³/mol. The molecule has 0 spiro atoms. The van der Waals surface area contributed by atoms with E-state index in [0.29, 0.717) is 17.1 Å². The van der Waals surface area contributed by atoms with Gasteiger partial charge in [0.15, 0.2) is 6.10 Å². The molecule has 0 saturated heterocycles. The van der Waals surface area contributed by atoms with E-state index in [2.05, 4.69) is 16.0 Å². The van der Waals surface area contributed by atoms with Crippen molar-refractivity contribution in [1.29, 1.82) is 0 Å². The average molecular weight is 383 g/mol. The number of carbonyl (C=O) groups excluding carboxylic acids is 4. The fourth-order valence-electron chi connectivity index (χ4n) is 2.26. The molecular formula is C20H21N3O5. The lowest BCUT2D eigenvalue weighted by Gasteiger charge is -2.14. The van der Waals surface area contributed by atoms with Gasteiger partial charge in [-0.25, -0.2) is 4.79 Å². The molecule has 28 heavy (non-hydrogen) atoms. The maximum atomic E-state index is 12.2. The van der Waals surface area contributed by atoms with Crippen molar-refractivity contribution in [2.24, 2.45) is 0 Å². The summed E-state index contributed by atoms with van der Waals surface area (Å²) < 4.78 is 5.17. The van der Waals surface area contributed by atoms with E-state index in [-0.39, 0.29) is 17.4 Å². The Labute approximate surface area is 162 Å². The van der Waals surface area contributed by atoms with E-state index in [0.717, 1.165) is 0 Å². The van der Waals surface area contributed by atoms with Crippen LogP contribution in [-0.2, 0) is 19.1 Å². The van der Waals surface area contributed by atoms with Crippen molar-refractivity contribution in [3.05, 3.63) is 54.1 Å². The average Bonchev–Trinajstić information content (AvgIpc) is 2.63. The first-order chi connectivity index (χ1) is 13.2. The van der Waals surface area contributed by atoms with Gasteiger partial charge >= 0.3 is 5.97 Å². The maximum Gasteiger partial charge on any atom is 0.338 e. The van der Waals surface area contributed by atoms with Crippen molar-refractivity contribution in [3.63, 3.8) is 0 Å². The summed E-state index contributed by atoms with van der Waals surface area (Å²) >= 11 is 0. The van der Waals surface area contributed by atoms with Gasteiger partial charge in [0, 0.05) is 30.9 Å². The minimum absolute atomic E-state index is 0.192. The van der Waals surface area contributed by atoms with Crippen molar-refractivity contribution in [3.8, 4) is 0 Å². The monoisotopic (exact) mass is 383 g/mol. The highest BCUT2D eigenvalue weighted by Gasteiger charge is 2.19. The van der Waals surface area contributed by atoms with Gasteiger partial charge in [0.05, 0.1) is 5.56 Å². The molecule has 3 amide bonds. The van der Waals surface area contributed by atoms with E-state index in [9.17, 15) is 19.2 Å². The number of esters is 1. The summed E-state index contributed by atoms with van der Waals surface area (Å²) in [5, 5.41) is 7.85. The number of nitrogens with one attached hydrogen (secondary N) is 3. The Morgan fingerprint density at radius 2 is 1.11 bits per heavy atom. The Kier molecular flexibility index (Phi) is 6.86. The number of hydrogen-bond acceptors (Lipinski definition) is 5. The van der Waals surface area contributed by atoms with Crippen LogP contribution < -0.4 is 16.0 Å². The molecule has 8 nitrogen and oxygen atoms in total. The highest BCUT2D eigenvalue weighted by molar-refractivity contribution is 5.98. The lowest BCUT2D eigenvalue weighted by atomic mass is 10.2. The Bertz CT molecular complexity index is 876. The minimum Gasteiger partial charge on any atom is -0.449 e. The van der Waals surface area contributed by atoms with Gasteiger partial charge in [-0.05, 0) is 55.5 Å². The minimum atomic E-state index is -1.02. The van der Waals surface area contributed by atoms with E-state index < -0.39 is 18.0 Å². The number of hydrogen-bond donors (Lipinski definition) is 3. The Morgan fingerprint density at radius 1 is 0.714 bits per heavy atom. The number of rotatable bonds is 6. The van der Waals surface area contributed by atoms with E-state index in [1.807, 2.05) is 0 Å². The molecule has 0 fully saturated rings. The van der Waals surface area contributed by atoms with E-state index in [1.165, 1.54) is 32.9 Å². The van der Waals surface area contributed by atoms with E-state index >= 15 is 0 Å². The molecule has 2 aromatic carbocycles. The Balaban J connectivity index is 1.91. The highest BCUT2D eigenvalue weighted by atomic mass is 16.5. The van der Waals surface area contributed by atoms with Crippen LogP contribution in [-0.4, -0.2) is 29.8 Å². The second kappa shape index (κ2) is 9.31. The van der Waals surface area contributed by atoms with Crippen molar-refractivity contribution in [1.82, 2.24) is 0 Å². The summed E-state index contributed by atoms with van der Waals surface area (Å²) in [6.45, 7) is 4.25. The molecule has 0 radical (unpaired) electrons. The molecular weight excluding hydrogens is 362 g/mol. The van der Waals surface area contributed by atoms with Crippen molar-refractivity contribution in [2.45, 2.75) is 26.9 Å². The fraction of sp³-hybridized carbons (Fsp3) is 0.200. The van der Waals surface area contributed by atoms with Crippen LogP contribution in [0.5, 0.6) is 0 Å². The van der Waals surface area contributed by atoms with Crippen LogP contribution in [0.2, 0.25) is 0 Å². The first-order valence-electron chi connectivity index (χ1n) is 8.52. The van der Waals surface area contributed by atoms with Gasteiger partial charge in [0.25, 0.3) is 5.91 Å². The van der Waals surface area contributed by atoms with Gasteiger partial charge in [-0.2, -0.15) is 0 Å². The SMILES string of the molecule is CC(=O)Nc1ccc(NC(=O)[C@H](C)OC(=O)c2ccc(NC(C)=O)cc2)cc1. The fourth-order valence-corrected chi connectivity index (χ4v) is 2.26. The zero-order valence-corrected chi connectivity index (χ0v) is 15.7. The normalized spacial score (nSPS) is 11.1. The number of ether oxygens (including phenoxy) is 1. The summed E-state index contributed by atoms with van der Waals surface area (Å²) in [6.07, 6.45) is -1.02. The molecule has 0 bridgehead atoms. The smallest absolute Gasteiger partial charge is 0.338 e. The molecule has 0 aliphatic rings. The van der Waals surface area contributed by atoms with Gasteiger partial charge in [0.2, 0.25) is 11.8 Å². The molecule has 8 heteroatoms. The number of carbonyl (C=O) groups is 4. The molecule has 1 atom stereocenters. The summed E-state index contributed by atoms with van der Waals surface area (Å²) in [7, 11) is 0. The molecule has 2 rings (SSSR count). The molecule has 0 aliphatic heterocycles. The van der Waals surface area contributed by atoms with Gasteiger partial charge in [-0.15, -0.1) is 0 Å². The third kappa shape index (κ3) is 6.24. The van der Waals surface area contributed by atoms with Crippen LogP contribution in [0.25, 0.3) is 0 Å². The third-order valence-corrected chi connectivity index (χ3v) is 3.57. The van der Waals surface area contributed by atoms with Crippen LogP contribution in [0.1, 0.15) is 31.1 Å². The summed E-state index contributed by atoms with van der Waals surface area (Å²) in [4.78, 5) is 46.4. The van der Waals surface area contributed by atoms with E-state index in [4.69, 9.17) is 4.74 Å². The second-order valence-corrected chi connectivity index (χ2v) is 6.05. The second-order valence-electron chi connectivity index (χ2n) is 6.05. The van der Waals surface area contributed by atoms with Crippen LogP contribution in [0, 0.1) is 0 Å². The van der Waals surface area contributed by atoms with Crippen molar-refractivity contribution >= 4 is 40.8 Å². The maximum absolute atomic E-state index is 12.2. The van der Waals surface area contributed by atoms with Gasteiger partial charge < -0.3 is 20.7 Å². The molecule has 3 N–H and O–H groups in total. The first-order valence-corrected chi connectivity index (χ1v) is 8.52. The number of amides is 3. The molecule has 0 aliphatic carbocycles. The summed E-state index contributed by atoms with van der Waals surface area (Å²) in [5.41, 5.74) is 1.92. The quantitative estimate of drug-likeness (QED) is 0.664. The number of anilines is 3. The molecule has 0 aromatic heterocycles. The molecule has 146 valence electrons. The van der Waals surface area contributed by atoms with Crippen molar-refractivity contribution in [2.75, 3.05) is 16.0 Å². The largest absolute Gasteiger partial charge is 0.449 e. The predicted octanol–water partition coefficient (Wildman–Crippen LogP) is 2.79. The summed E-state index contributed by atoms with van der Waals surface area (Å²) in [6, 6.07) is 12.7. The van der Waals surface area contributed by atoms with Crippen LogP contribution in [0.3, 0.4) is 0 Å². The van der Waals surface area contributed by atoms with E-state index in [1.54, 1.807) is 36.4 Å². The topological polar surface area (TPSA) is 114 Å². The van der Waals surface area contributed by atoms with Crippen LogP contribution in [0.4, 0.5) is 17.1 Å². The highest BCUT2D eigenvalue weighted by Crippen LogP contribution is 2.15. The Hall–Kier alpha value is -3.68. The zero-order chi connectivity index (χ0) is 20.7. The number of benzene rings is 2. The van der Waals surface area contributed by atoms with Gasteiger partial charge in [0.1, 0.15) is 0 Å². The molecule has 0 unspecified atom stereocenters. The lowest BCUT2D eigenvalue weighted by molar-refractivity contribution is -0.123. The standard InChI is InChI=1S/C20H21N3O5/c1-12(19(26)23-18-10-8-17(9-11-18)22-14(3)25)28-20(27)15-4-6-16(7-5-15)21-13(2)24/h4-12H,1-3H3,(H,21,24)(H,22,25)(H,23,26)/t12-/m0/s1. The van der Waals surface area contributed by atoms with Crippen LogP contribution >= 0.6 is 0 Å². The summed E-state index contributed by atoms with van der Waals surface area (Å²) in [5.74, 6) is -1.55. The third-order valence-electron chi connectivity index (χ3n) is 3.57. The lowest BCUT2D eigenvalue weighted by Crippen LogP contribution is -2.30. The van der Waals surface area contributed by atoms with Gasteiger partial charge in [-0.1, -0.05) is 0 Å². The Morgan fingerprint density at radius 3 is 1.54 bits per heavy atom. The molecule has 2 aromatic rings. The van der Waals surface area contributed by atoms with Gasteiger partial charge in [-0.3, -0.25) is 14.4 Å². The zero-order valence-electron chi connectivity index (χ0n) is 15.7.